The van der Waals surface area contributed by atoms with E-state index in [4.69, 9.17) is 19.2 Å². The van der Waals surface area contributed by atoms with Crippen LogP contribution in [0.1, 0.15) is 25.8 Å². The Balaban J connectivity index is 1.99. The van der Waals surface area contributed by atoms with E-state index in [2.05, 4.69) is 13.8 Å². The number of methoxy groups -OCH3 is 1. The number of hydrogen-bond donors (Lipinski definition) is 0. The van der Waals surface area contributed by atoms with Crippen LogP contribution >= 0.6 is 0 Å². The quantitative estimate of drug-likeness (QED) is 0.840. The number of benzene rings is 1. The van der Waals surface area contributed by atoms with Gasteiger partial charge in [0.1, 0.15) is 5.75 Å². The molecule has 0 radical (unpaired) electrons. The van der Waals surface area contributed by atoms with Crippen molar-refractivity contribution in [1.82, 2.24) is 0 Å². The Bertz CT molecular complexity index is 495. The highest BCUT2D eigenvalue weighted by atomic mass is 16.6. The minimum atomic E-state index is -0.647. The Kier molecular flexibility index (Phi) is 2.97. The largest absolute Gasteiger partial charge is 0.497 e. The summed E-state index contributed by atoms with van der Waals surface area (Å²) in [7, 11) is 1.66. The lowest BCUT2D eigenvalue weighted by Crippen LogP contribution is -2.31. The van der Waals surface area contributed by atoms with E-state index >= 15 is 0 Å². The topological polar surface area (TPSA) is 40.0 Å². The molecular weight excluding hydrogens is 242 g/mol. The molecule has 102 valence electrons. The molecule has 0 saturated carbocycles. The molecule has 0 bridgehead atoms. The zero-order valence-corrected chi connectivity index (χ0v) is 11.6. The molecule has 0 N–H and O–H groups in total. The van der Waals surface area contributed by atoms with Crippen LogP contribution < -0.4 is 4.74 Å². The minimum absolute atomic E-state index is 0.00158. The molecule has 19 heavy (non-hydrogen) atoms. The zero-order valence-electron chi connectivity index (χ0n) is 11.6. The van der Waals surface area contributed by atoms with Gasteiger partial charge in [0.2, 0.25) is 5.72 Å². The van der Waals surface area contributed by atoms with Gasteiger partial charge < -0.3 is 14.2 Å². The first-order valence-corrected chi connectivity index (χ1v) is 6.70. The van der Waals surface area contributed by atoms with Gasteiger partial charge in [0.15, 0.2) is 12.0 Å². The van der Waals surface area contributed by atoms with E-state index in [1.54, 1.807) is 7.11 Å². The van der Waals surface area contributed by atoms with Gasteiger partial charge >= 0.3 is 0 Å². The molecule has 2 heterocycles. The minimum Gasteiger partial charge on any atom is -0.497 e. The molecule has 0 aromatic heterocycles. The van der Waals surface area contributed by atoms with Gasteiger partial charge in [-0.15, -0.1) is 0 Å². The first-order valence-electron chi connectivity index (χ1n) is 6.70. The molecule has 3 rings (SSSR count). The smallest absolute Gasteiger partial charge is 0.225 e. The molecule has 1 aromatic carbocycles. The van der Waals surface area contributed by atoms with E-state index in [0.29, 0.717) is 6.61 Å². The third-order valence-corrected chi connectivity index (χ3v) is 3.68. The maximum Gasteiger partial charge on any atom is 0.225 e. The molecule has 0 spiro atoms. The highest BCUT2D eigenvalue weighted by molar-refractivity contribution is 5.80. The summed E-state index contributed by atoms with van der Waals surface area (Å²) in [5.74, 6) is 1.91. The van der Waals surface area contributed by atoms with Crippen molar-refractivity contribution in [3.8, 4) is 5.75 Å². The van der Waals surface area contributed by atoms with Gasteiger partial charge in [0, 0.05) is 17.9 Å². The Morgan fingerprint density at radius 2 is 2.05 bits per heavy atom. The summed E-state index contributed by atoms with van der Waals surface area (Å²) in [5.41, 5.74) is 0.387. The van der Waals surface area contributed by atoms with Gasteiger partial charge in [0.25, 0.3) is 0 Å². The molecule has 2 aliphatic heterocycles. The monoisotopic (exact) mass is 261 g/mol. The summed E-state index contributed by atoms with van der Waals surface area (Å²) in [6.45, 7) is 4.86. The molecule has 1 fully saturated rings. The molecule has 0 unspecified atom stereocenters. The summed E-state index contributed by atoms with van der Waals surface area (Å²) < 4.78 is 17.1. The van der Waals surface area contributed by atoms with Crippen molar-refractivity contribution in [1.29, 1.82) is 0 Å². The lowest BCUT2D eigenvalue weighted by atomic mass is 9.98. The van der Waals surface area contributed by atoms with Gasteiger partial charge in [-0.3, -0.25) is 0 Å². The van der Waals surface area contributed by atoms with E-state index in [9.17, 15) is 0 Å². The Labute approximate surface area is 113 Å². The average Bonchev–Trinajstić information content (AvgIpc) is 2.96. The summed E-state index contributed by atoms with van der Waals surface area (Å²) in [6, 6.07) is 7.89. The highest BCUT2D eigenvalue weighted by Crippen LogP contribution is 2.44. The summed E-state index contributed by atoms with van der Waals surface area (Å²) >= 11 is 0. The third-order valence-electron chi connectivity index (χ3n) is 3.68. The summed E-state index contributed by atoms with van der Waals surface area (Å²) in [4.78, 5) is 4.74. The summed E-state index contributed by atoms with van der Waals surface area (Å²) in [5, 5.41) is 0. The fourth-order valence-electron chi connectivity index (χ4n) is 2.62. The van der Waals surface area contributed by atoms with Crippen LogP contribution in [0.4, 0.5) is 0 Å². The number of aliphatic imine (C=N–C) groups is 1. The van der Waals surface area contributed by atoms with Gasteiger partial charge in [0.05, 0.1) is 13.7 Å². The van der Waals surface area contributed by atoms with Crippen LogP contribution in [0, 0.1) is 5.92 Å². The van der Waals surface area contributed by atoms with E-state index in [1.807, 2.05) is 24.3 Å². The molecule has 2 atom stereocenters. The van der Waals surface area contributed by atoms with Crippen LogP contribution in [0.5, 0.6) is 5.75 Å². The lowest BCUT2D eigenvalue weighted by Gasteiger charge is -2.24. The third kappa shape index (κ3) is 1.91. The predicted molar refractivity (Wildman–Crippen MR) is 72.4 cm³/mol. The second kappa shape index (κ2) is 4.53. The first-order chi connectivity index (χ1) is 9.15. The highest BCUT2D eigenvalue weighted by Gasteiger charge is 2.52. The molecule has 0 amide bonds. The van der Waals surface area contributed by atoms with Crippen LogP contribution in [0.3, 0.4) is 0 Å². The van der Waals surface area contributed by atoms with Crippen molar-refractivity contribution in [2.75, 3.05) is 13.7 Å². The first kappa shape index (κ1) is 12.5. The summed E-state index contributed by atoms with van der Waals surface area (Å²) in [6.07, 6.45) is 0.879. The number of nitrogens with zero attached hydrogens (tertiary/aromatic N) is 1. The van der Waals surface area contributed by atoms with Gasteiger partial charge in [-0.1, -0.05) is 26.0 Å². The molecule has 4 nitrogen and oxygen atoms in total. The molecule has 1 aromatic rings. The Morgan fingerprint density at radius 1 is 1.32 bits per heavy atom. The average molecular weight is 261 g/mol. The zero-order chi connectivity index (χ0) is 13.5. The molecule has 1 saturated heterocycles. The van der Waals surface area contributed by atoms with Crippen molar-refractivity contribution in [3.63, 3.8) is 0 Å². The maximum atomic E-state index is 5.95. The fraction of sp³-hybridized carbons (Fsp3) is 0.533. The molecule has 4 heteroatoms. The maximum absolute atomic E-state index is 5.95. The number of ether oxygens (including phenoxy) is 3. The normalized spacial score (nSPS) is 29.1. The van der Waals surface area contributed by atoms with Crippen molar-refractivity contribution in [2.24, 2.45) is 10.9 Å². The van der Waals surface area contributed by atoms with Crippen LogP contribution in [0.15, 0.2) is 29.3 Å². The van der Waals surface area contributed by atoms with Gasteiger partial charge in [-0.2, -0.15) is 0 Å². The van der Waals surface area contributed by atoms with Crippen LogP contribution in [-0.4, -0.2) is 25.7 Å². The van der Waals surface area contributed by atoms with E-state index in [0.717, 1.165) is 23.6 Å². The standard InChI is InChI=1S/C15H19NO3/c1-10(2)14-16-15(13(19-14)8-9-18-15)11-4-6-12(17-3)7-5-11/h4-7,10,13H,8-9H2,1-3H3/t13-,15+/m1/s1. The van der Waals surface area contributed by atoms with Crippen molar-refractivity contribution in [2.45, 2.75) is 32.1 Å². The van der Waals surface area contributed by atoms with Crippen molar-refractivity contribution in [3.05, 3.63) is 29.8 Å². The van der Waals surface area contributed by atoms with E-state index in [1.165, 1.54) is 0 Å². The predicted octanol–water partition coefficient (Wildman–Crippen LogP) is 2.72. The Morgan fingerprint density at radius 3 is 2.68 bits per heavy atom. The van der Waals surface area contributed by atoms with Gasteiger partial charge in [-0.25, -0.2) is 4.99 Å². The second-order valence-electron chi connectivity index (χ2n) is 5.27. The van der Waals surface area contributed by atoms with Crippen molar-refractivity contribution >= 4 is 5.90 Å². The van der Waals surface area contributed by atoms with Crippen LogP contribution in [0.25, 0.3) is 0 Å². The molecular formula is C15H19NO3. The van der Waals surface area contributed by atoms with Crippen LogP contribution in [-0.2, 0) is 15.2 Å². The fourth-order valence-corrected chi connectivity index (χ4v) is 2.62. The van der Waals surface area contributed by atoms with Crippen LogP contribution in [0.2, 0.25) is 0 Å². The van der Waals surface area contributed by atoms with E-state index in [-0.39, 0.29) is 12.0 Å². The van der Waals surface area contributed by atoms with E-state index < -0.39 is 5.72 Å². The van der Waals surface area contributed by atoms with Gasteiger partial charge in [-0.05, 0) is 12.1 Å². The SMILES string of the molecule is COc1ccc([C@@]23N=C(C(C)C)O[C@@H]2CCO3)cc1. The number of fused-ring (bicyclic) bond motifs is 1. The number of hydrogen-bond acceptors (Lipinski definition) is 4. The van der Waals surface area contributed by atoms with Crippen molar-refractivity contribution < 1.29 is 14.2 Å². The lowest BCUT2D eigenvalue weighted by molar-refractivity contribution is -0.0293. The molecule has 0 aliphatic carbocycles. The molecule has 2 aliphatic rings. The Hall–Kier alpha value is -1.55. The number of rotatable bonds is 3. The second-order valence-corrected chi connectivity index (χ2v) is 5.27.